The number of carbonyl (C=O) groups is 1. The molecule has 1 aliphatic rings. The molecule has 256 valence electrons. The summed E-state index contributed by atoms with van der Waals surface area (Å²) in [5.74, 6) is -0.177. The van der Waals surface area contributed by atoms with Crippen molar-refractivity contribution in [3.8, 4) is 0 Å². The fourth-order valence-electron chi connectivity index (χ4n) is 5.43. The van der Waals surface area contributed by atoms with E-state index >= 15 is 0 Å². The summed E-state index contributed by atoms with van der Waals surface area (Å²) in [6.45, 7) is 2.37. The van der Waals surface area contributed by atoms with Crippen LogP contribution in [0.4, 0.5) is 17.1 Å². The number of hydrogen-bond acceptors (Lipinski definition) is 10. The van der Waals surface area contributed by atoms with Crippen molar-refractivity contribution in [3.05, 3.63) is 124 Å². The van der Waals surface area contributed by atoms with Crippen LogP contribution in [0.2, 0.25) is 0 Å². The number of nitrogens with one attached hydrogen (secondary N) is 2. The maximum atomic E-state index is 13.2. The summed E-state index contributed by atoms with van der Waals surface area (Å²) in [7, 11) is -0.488. The third kappa shape index (κ3) is 10.1. The van der Waals surface area contributed by atoms with Crippen LogP contribution in [0, 0.1) is 10.1 Å². The zero-order chi connectivity index (χ0) is 34.8. The number of amides is 1. The van der Waals surface area contributed by atoms with Gasteiger partial charge in [0.25, 0.3) is 21.6 Å². The van der Waals surface area contributed by atoms with Gasteiger partial charge in [0.15, 0.2) is 0 Å². The lowest BCUT2D eigenvalue weighted by Crippen LogP contribution is -2.31. The molecule has 0 aliphatic carbocycles. The number of nitro benzene ring substituents is 1. The Morgan fingerprint density at radius 2 is 1.73 bits per heavy atom. The predicted molar refractivity (Wildman–Crippen MR) is 196 cm³/mol. The highest BCUT2D eigenvalue weighted by atomic mass is 32.2. The minimum absolute atomic E-state index is 0.133. The minimum atomic E-state index is -4.40. The minimum Gasteiger partial charge on any atom is -0.376 e. The van der Waals surface area contributed by atoms with Crippen LogP contribution in [0.3, 0.4) is 0 Å². The van der Waals surface area contributed by atoms with Gasteiger partial charge in [0.1, 0.15) is 5.69 Å². The quantitative estimate of drug-likeness (QED) is 0.0874. The molecule has 1 atom stereocenters. The number of thioether (sulfide) groups is 1. The molecular formula is C36H40N6O5S2. The van der Waals surface area contributed by atoms with Crippen molar-refractivity contribution in [1.29, 1.82) is 0 Å². The second-order valence-corrected chi connectivity index (χ2v) is 14.8. The Balaban J connectivity index is 1.23. The van der Waals surface area contributed by atoms with E-state index in [-0.39, 0.29) is 27.9 Å². The number of sulfonamides is 1. The number of pyridine rings is 1. The zero-order valence-electron chi connectivity index (χ0n) is 27.5. The van der Waals surface area contributed by atoms with Crippen molar-refractivity contribution >= 4 is 50.8 Å². The lowest BCUT2D eigenvalue weighted by molar-refractivity contribution is -0.384. The van der Waals surface area contributed by atoms with Gasteiger partial charge in [-0.1, -0.05) is 29.8 Å². The van der Waals surface area contributed by atoms with E-state index in [0.29, 0.717) is 12.2 Å². The van der Waals surface area contributed by atoms with Gasteiger partial charge in [-0.25, -0.2) is 13.1 Å². The first kappa shape index (κ1) is 35.6. The van der Waals surface area contributed by atoms with Crippen LogP contribution in [0.25, 0.3) is 6.08 Å². The normalized spacial score (nSPS) is 13.9. The average Bonchev–Trinajstić information content (AvgIpc) is 3.10. The molecule has 1 saturated heterocycles. The van der Waals surface area contributed by atoms with Crippen LogP contribution in [0.1, 0.15) is 35.3 Å². The van der Waals surface area contributed by atoms with Crippen LogP contribution in [-0.4, -0.2) is 74.7 Å². The number of nitrogens with zero attached hydrogens (tertiary/aromatic N) is 4. The Kier molecular flexibility index (Phi) is 12.1. The number of hydrogen-bond donors (Lipinski definition) is 2. The predicted octanol–water partition coefficient (Wildman–Crippen LogP) is 6.32. The summed E-state index contributed by atoms with van der Waals surface area (Å²) in [6.07, 6.45) is 6.39. The maximum absolute atomic E-state index is 13.2. The molecule has 5 rings (SSSR count). The highest BCUT2D eigenvalue weighted by molar-refractivity contribution is 7.99. The summed E-state index contributed by atoms with van der Waals surface area (Å²) in [6, 6.07) is 26.0. The monoisotopic (exact) mass is 700 g/mol. The fourth-order valence-corrected chi connectivity index (χ4v) is 7.41. The second-order valence-electron chi connectivity index (χ2n) is 12.0. The molecular weight excluding hydrogens is 661 g/mol. The van der Waals surface area contributed by atoms with E-state index in [0.717, 1.165) is 54.8 Å². The van der Waals surface area contributed by atoms with Gasteiger partial charge in [-0.2, -0.15) is 0 Å². The molecule has 0 saturated carbocycles. The molecule has 0 radical (unpaired) electrons. The summed E-state index contributed by atoms with van der Waals surface area (Å²) in [4.78, 5) is 33.8. The largest absolute Gasteiger partial charge is 0.376 e. The summed E-state index contributed by atoms with van der Waals surface area (Å²) in [5.41, 5.74) is 3.18. The Morgan fingerprint density at radius 3 is 2.39 bits per heavy atom. The van der Waals surface area contributed by atoms with Gasteiger partial charge in [0.2, 0.25) is 0 Å². The number of rotatable bonds is 14. The number of nitro groups is 1. The van der Waals surface area contributed by atoms with Gasteiger partial charge in [-0.15, -0.1) is 11.8 Å². The first-order valence-corrected chi connectivity index (χ1v) is 18.4. The molecule has 1 amide bonds. The maximum Gasteiger partial charge on any atom is 0.293 e. The van der Waals surface area contributed by atoms with E-state index in [9.17, 15) is 23.3 Å². The lowest BCUT2D eigenvalue weighted by Gasteiger charge is -2.30. The highest BCUT2D eigenvalue weighted by Gasteiger charge is 2.25. The van der Waals surface area contributed by atoms with Gasteiger partial charge < -0.3 is 15.1 Å². The van der Waals surface area contributed by atoms with Crippen molar-refractivity contribution in [2.75, 3.05) is 49.7 Å². The third-order valence-corrected chi connectivity index (χ3v) is 10.6. The number of carbonyl (C=O) groups excluding carboxylic acids is 1. The SMILES string of the molecule is CN(C)CC[C@H](CSc1ccccc1)Nc1ccc(S(=O)(=O)NC(=O)c2ccc(N3CCC(=Cc4ccccn4)CC3)cc2)cc1[N+](=O)[O-]. The van der Waals surface area contributed by atoms with Crippen LogP contribution < -0.4 is 14.9 Å². The van der Waals surface area contributed by atoms with Crippen LogP contribution in [0.15, 0.2) is 113 Å². The van der Waals surface area contributed by atoms with E-state index in [4.69, 9.17) is 0 Å². The standard InChI is InChI=1S/C36H40N6O5S2/c1-40(2)21-19-30(26-48-32-9-4-3-5-10-32)38-34-16-15-33(25-35(34)42(44)45)49(46,47)39-36(43)28-11-13-31(14-12-28)41-22-17-27(18-23-41)24-29-8-6-7-20-37-29/h3-16,20,24-25,30,38H,17-19,21-23,26H2,1-2H3,(H,39,43)/t30-/m1/s1. The molecule has 0 unspecified atom stereocenters. The topological polar surface area (TPSA) is 138 Å². The molecule has 1 aromatic heterocycles. The Labute approximate surface area is 291 Å². The first-order chi connectivity index (χ1) is 23.6. The number of piperidine rings is 1. The first-order valence-electron chi connectivity index (χ1n) is 16.0. The van der Waals surface area contributed by atoms with Crippen LogP contribution in [-0.2, 0) is 10.0 Å². The van der Waals surface area contributed by atoms with E-state index in [1.807, 2.05) is 67.5 Å². The summed E-state index contributed by atoms with van der Waals surface area (Å²) >= 11 is 1.63. The van der Waals surface area contributed by atoms with Gasteiger partial charge in [-0.05, 0) is 107 Å². The van der Waals surface area contributed by atoms with E-state index in [1.165, 1.54) is 17.7 Å². The zero-order valence-corrected chi connectivity index (χ0v) is 29.1. The van der Waals surface area contributed by atoms with Gasteiger partial charge >= 0.3 is 0 Å². The van der Waals surface area contributed by atoms with E-state index in [2.05, 4.69) is 26.0 Å². The van der Waals surface area contributed by atoms with E-state index < -0.39 is 20.9 Å². The second kappa shape index (κ2) is 16.6. The van der Waals surface area contributed by atoms with Gasteiger partial charge in [0, 0.05) is 53.3 Å². The highest BCUT2D eigenvalue weighted by Crippen LogP contribution is 2.30. The van der Waals surface area contributed by atoms with Crippen LogP contribution in [0.5, 0.6) is 0 Å². The summed E-state index contributed by atoms with van der Waals surface area (Å²) < 4.78 is 28.5. The third-order valence-electron chi connectivity index (χ3n) is 8.12. The van der Waals surface area contributed by atoms with Crippen molar-refractivity contribution < 1.29 is 18.1 Å². The Bertz CT molecular complexity index is 1860. The van der Waals surface area contributed by atoms with E-state index in [1.54, 1.807) is 42.2 Å². The lowest BCUT2D eigenvalue weighted by atomic mass is 10.0. The molecule has 13 heteroatoms. The van der Waals surface area contributed by atoms with Crippen molar-refractivity contribution in [3.63, 3.8) is 0 Å². The van der Waals surface area contributed by atoms with Crippen molar-refractivity contribution in [2.45, 2.75) is 35.1 Å². The number of aromatic nitrogens is 1. The van der Waals surface area contributed by atoms with Gasteiger partial charge in [-0.3, -0.25) is 19.9 Å². The van der Waals surface area contributed by atoms with Gasteiger partial charge in [0.05, 0.1) is 15.5 Å². The average molecular weight is 701 g/mol. The van der Waals surface area contributed by atoms with Crippen molar-refractivity contribution in [2.24, 2.45) is 0 Å². The molecule has 2 heterocycles. The molecule has 49 heavy (non-hydrogen) atoms. The van der Waals surface area contributed by atoms with Crippen LogP contribution >= 0.6 is 11.8 Å². The number of anilines is 2. The molecule has 1 aliphatic heterocycles. The Morgan fingerprint density at radius 1 is 1.02 bits per heavy atom. The molecule has 1 fully saturated rings. The van der Waals surface area contributed by atoms with Crippen molar-refractivity contribution in [1.82, 2.24) is 14.6 Å². The fraction of sp³-hybridized carbons (Fsp3) is 0.278. The Hall–Kier alpha value is -4.72. The summed E-state index contributed by atoms with van der Waals surface area (Å²) in [5, 5.41) is 15.4. The smallest absolute Gasteiger partial charge is 0.293 e. The molecule has 0 bridgehead atoms. The molecule has 2 N–H and O–H groups in total. The number of benzene rings is 3. The molecule has 3 aromatic carbocycles. The molecule has 4 aromatic rings. The molecule has 11 nitrogen and oxygen atoms in total. The molecule has 0 spiro atoms.